The first-order chi connectivity index (χ1) is 7.26. The summed E-state index contributed by atoms with van der Waals surface area (Å²) in [7, 11) is 0. The van der Waals surface area contributed by atoms with E-state index >= 15 is 0 Å². The predicted octanol–water partition coefficient (Wildman–Crippen LogP) is 0.627. The summed E-state index contributed by atoms with van der Waals surface area (Å²) >= 11 is 0. The fourth-order valence-corrected chi connectivity index (χ4v) is 1.56. The van der Waals surface area contributed by atoms with Gasteiger partial charge in [0.05, 0.1) is 0 Å². The molecule has 0 aromatic heterocycles. The van der Waals surface area contributed by atoms with Crippen LogP contribution in [0.1, 0.15) is 38.5 Å². The molecule has 0 amide bonds. The Hall–Kier alpha value is -0.740. The fraction of sp³-hybridized carbons (Fsp3) is 0.818. The monoisotopic (exact) mass is 214 g/mol. The predicted molar refractivity (Wildman–Crippen MR) is 60.3 cm³/mol. The number of nitrogens with two attached hydrogens (primary N) is 2. The van der Waals surface area contributed by atoms with Crippen LogP contribution in [-0.2, 0) is 9.59 Å². The van der Waals surface area contributed by atoms with Gasteiger partial charge in [-0.25, -0.2) is 0 Å². The minimum absolute atomic E-state index is 0.111. The van der Waals surface area contributed by atoms with E-state index in [0.29, 0.717) is 19.4 Å². The van der Waals surface area contributed by atoms with Gasteiger partial charge in [0, 0.05) is 18.4 Å². The van der Waals surface area contributed by atoms with Crippen LogP contribution in [0.4, 0.5) is 0 Å². The topological polar surface area (TPSA) is 86.2 Å². The van der Waals surface area contributed by atoms with Crippen molar-refractivity contribution in [3.8, 4) is 0 Å². The highest BCUT2D eigenvalue weighted by molar-refractivity contribution is 5.56. The van der Waals surface area contributed by atoms with E-state index < -0.39 is 0 Å². The van der Waals surface area contributed by atoms with Crippen LogP contribution >= 0.6 is 0 Å². The summed E-state index contributed by atoms with van der Waals surface area (Å²) in [6, 6.07) is -0.111. The molecule has 0 radical (unpaired) electrons. The molecule has 2 unspecified atom stereocenters. The van der Waals surface area contributed by atoms with Crippen molar-refractivity contribution < 1.29 is 9.59 Å². The largest absolute Gasteiger partial charge is 0.330 e. The van der Waals surface area contributed by atoms with Crippen LogP contribution in [0.25, 0.3) is 0 Å². The van der Waals surface area contributed by atoms with Gasteiger partial charge >= 0.3 is 0 Å². The van der Waals surface area contributed by atoms with Crippen molar-refractivity contribution in [2.45, 2.75) is 44.6 Å². The van der Waals surface area contributed by atoms with Crippen molar-refractivity contribution in [2.75, 3.05) is 6.54 Å². The first-order valence-corrected chi connectivity index (χ1v) is 5.60. The molecule has 0 aliphatic heterocycles. The first-order valence-electron chi connectivity index (χ1n) is 5.60. The maximum Gasteiger partial charge on any atom is 0.124 e. The Labute approximate surface area is 91.4 Å². The number of hydrogen-bond donors (Lipinski definition) is 2. The van der Waals surface area contributed by atoms with E-state index in [1.807, 2.05) is 0 Å². The second-order valence-corrected chi connectivity index (χ2v) is 3.85. The minimum Gasteiger partial charge on any atom is -0.330 e. The lowest BCUT2D eigenvalue weighted by atomic mass is 9.93. The van der Waals surface area contributed by atoms with Gasteiger partial charge in [-0.05, 0) is 25.8 Å². The van der Waals surface area contributed by atoms with E-state index in [1.165, 1.54) is 0 Å². The average Bonchev–Trinajstić information content (AvgIpc) is 2.25. The molecule has 2 atom stereocenters. The number of carbonyl (C=O) groups excluding carboxylic acids is 2. The van der Waals surface area contributed by atoms with E-state index in [2.05, 4.69) is 0 Å². The molecule has 88 valence electrons. The van der Waals surface area contributed by atoms with E-state index in [4.69, 9.17) is 11.5 Å². The standard InChI is InChI=1S/C11H22N2O2/c12-7-3-1-2-6-11(13)10(9-15)5-4-8-14/h8-11H,1-7,12-13H2. The molecular formula is C11H22N2O2. The van der Waals surface area contributed by atoms with Crippen LogP contribution in [0.15, 0.2) is 0 Å². The van der Waals surface area contributed by atoms with E-state index in [1.54, 1.807) is 0 Å². The Morgan fingerprint density at radius 2 is 1.80 bits per heavy atom. The molecule has 0 saturated carbocycles. The molecule has 0 aliphatic carbocycles. The van der Waals surface area contributed by atoms with Gasteiger partial charge in [0.25, 0.3) is 0 Å². The molecule has 0 rings (SSSR count). The summed E-state index contributed by atoms with van der Waals surface area (Å²) in [4.78, 5) is 20.9. The quantitative estimate of drug-likeness (QED) is 0.412. The third-order valence-corrected chi connectivity index (χ3v) is 2.58. The van der Waals surface area contributed by atoms with E-state index in [0.717, 1.165) is 38.3 Å². The summed E-state index contributed by atoms with van der Waals surface area (Å²) in [5.41, 5.74) is 11.2. The second-order valence-electron chi connectivity index (χ2n) is 3.85. The number of rotatable bonds is 10. The second kappa shape index (κ2) is 9.80. The van der Waals surface area contributed by atoms with Crippen LogP contribution in [0.2, 0.25) is 0 Å². The Morgan fingerprint density at radius 3 is 2.33 bits per heavy atom. The van der Waals surface area contributed by atoms with Gasteiger partial charge in [-0.15, -0.1) is 0 Å². The Bertz CT molecular complexity index is 174. The third kappa shape index (κ3) is 7.22. The van der Waals surface area contributed by atoms with E-state index in [-0.39, 0.29) is 12.0 Å². The van der Waals surface area contributed by atoms with Gasteiger partial charge in [-0.3, -0.25) is 0 Å². The van der Waals surface area contributed by atoms with E-state index in [9.17, 15) is 9.59 Å². The number of hydrogen-bond acceptors (Lipinski definition) is 4. The molecule has 0 aromatic carbocycles. The first kappa shape index (κ1) is 14.3. The zero-order valence-electron chi connectivity index (χ0n) is 9.23. The SMILES string of the molecule is NCCCCCC(N)C(C=O)CCC=O. The zero-order valence-corrected chi connectivity index (χ0v) is 9.23. The van der Waals surface area contributed by atoms with Crippen molar-refractivity contribution >= 4 is 12.6 Å². The van der Waals surface area contributed by atoms with Gasteiger partial charge in [-0.1, -0.05) is 12.8 Å². The normalized spacial score (nSPS) is 14.5. The van der Waals surface area contributed by atoms with Gasteiger partial charge in [0.1, 0.15) is 12.6 Å². The van der Waals surface area contributed by atoms with Gasteiger partial charge in [0.2, 0.25) is 0 Å². The molecule has 4 nitrogen and oxygen atoms in total. The molecule has 0 fully saturated rings. The number of carbonyl (C=O) groups is 2. The summed E-state index contributed by atoms with van der Waals surface area (Å²) < 4.78 is 0. The molecule has 0 aromatic rings. The van der Waals surface area contributed by atoms with Gasteiger partial charge in [-0.2, -0.15) is 0 Å². The third-order valence-electron chi connectivity index (χ3n) is 2.58. The number of unbranched alkanes of at least 4 members (excludes halogenated alkanes) is 2. The molecule has 0 bridgehead atoms. The Balaban J connectivity index is 3.67. The fourth-order valence-electron chi connectivity index (χ4n) is 1.56. The lowest BCUT2D eigenvalue weighted by molar-refractivity contribution is -0.112. The molecule has 0 heterocycles. The van der Waals surface area contributed by atoms with Crippen LogP contribution in [0, 0.1) is 5.92 Å². The summed E-state index contributed by atoms with van der Waals surface area (Å²) in [5.74, 6) is -0.173. The molecule has 4 N–H and O–H groups in total. The van der Waals surface area contributed by atoms with Crippen molar-refractivity contribution in [3.05, 3.63) is 0 Å². The molecule has 0 saturated heterocycles. The van der Waals surface area contributed by atoms with Crippen molar-refractivity contribution in [3.63, 3.8) is 0 Å². The highest BCUT2D eigenvalue weighted by Crippen LogP contribution is 2.12. The molecular weight excluding hydrogens is 192 g/mol. The summed E-state index contributed by atoms with van der Waals surface area (Å²) in [6.45, 7) is 0.706. The van der Waals surface area contributed by atoms with Gasteiger partial charge in [0.15, 0.2) is 0 Å². The van der Waals surface area contributed by atoms with Crippen molar-refractivity contribution in [1.82, 2.24) is 0 Å². The van der Waals surface area contributed by atoms with Crippen molar-refractivity contribution in [2.24, 2.45) is 17.4 Å². The van der Waals surface area contributed by atoms with Crippen LogP contribution < -0.4 is 11.5 Å². The lowest BCUT2D eigenvalue weighted by Crippen LogP contribution is -2.31. The molecule has 0 aliphatic rings. The minimum atomic E-state index is -0.173. The van der Waals surface area contributed by atoms with Crippen LogP contribution in [0.3, 0.4) is 0 Å². The van der Waals surface area contributed by atoms with Crippen molar-refractivity contribution in [1.29, 1.82) is 0 Å². The molecule has 0 spiro atoms. The highest BCUT2D eigenvalue weighted by Gasteiger charge is 2.15. The lowest BCUT2D eigenvalue weighted by Gasteiger charge is -2.17. The molecule has 4 heteroatoms. The Kier molecular flexibility index (Phi) is 9.32. The van der Waals surface area contributed by atoms with Crippen LogP contribution in [-0.4, -0.2) is 25.2 Å². The summed E-state index contributed by atoms with van der Waals surface area (Å²) in [6.07, 6.45) is 6.60. The summed E-state index contributed by atoms with van der Waals surface area (Å²) in [5, 5.41) is 0. The molecule has 15 heavy (non-hydrogen) atoms. The average molecular weight is 214 g/mol. The number of aldehydes is 2. The maximum absolute atomic E-state index is 10.7. The maximum atomic E-state index is 10.7. The Morgan fingerprint density at radius 1 is 1.07 bits per heavy atom. The van der Waals surface area contributed by atoms with Gasteiger partial charge < -0.3 is 21.1 Å². The zero-order chi connectivity index (χ0) is 11.5. The van der Waals surface area contributed by atoms with Crippen LogP contribution in [0.5, 0.6) is 0 Å². The smallest absolute Gasteiger partial charge is 0.124 e. The highest BCUT2D eigenvalue weighted by atomic mass is 16.1.